The Morgan fingerprint density at radius 2 is 1.72 bits per heavy atom. The predicted octanol–water partition coefficient (Wildman–Crippen LogP) is 5.56. The van der Waals surface area contributed by atoms with Crippen molar-refractivity contribution in [2.24, 2.45) is 0 Å². The van der Waals surface area contributed by atoms with Gasteiger partial charge in [0.1, 0.15) is 24.7 Å². The van der Waals surface area contributed by atoms with Gasteiger partial charge in [-0.2, -0.15) is 0 Å². The summed E-state index contributed by atoms with van der Waals surface area (Å²) in [6.45, 7) is 3.36. The third-order valence-corrected chi connectivity index (χ3v) is 8.07. The van der Waals surface area contributed by atoms with Crippen molar-refractivity contribution in [3.63, 3.8) is 0 Å². The molecule has 1 atom stereocenters. The molecule has 0 aliphatic carbocycles. The van der Waals surface area contributed by atoms with E-state index >= 15 is 0 Å². The van der Waals surface area contributed by atoms with Gasteiger partial charge in [0, 0.05) is 24.7 Å². The number of anilines is 1. The first-order valence-corrected chi connectivity index (χ1v) is 15.1. The number of esters is 1. The molecule has 0 saturated carbocycles. The van der Waals surface area contributed by atoms with Crippen LogP contribution in [0.4, 0.5) is 5.69 Å². The minimum absolute atomic E-state index is 0. The third-order valence-electron chi connectivity index (χ3n) is 6.71. The van der Waals surface area contributed by atoms with Crippen molar-refractivity contribution in [2.75, 3.05) is 31.0 Å². The van der Waals surface area contributed by atoms with E-state index in [4.69, 9.17) is 14.2 Å². The minimum atomic E-state index is -3.84. The first-order valence-electron chi connectivity index (χ1n) is 13.6. The average Bonchev–Trinajstić information content (AvgIpc) is 3.00. The second-order valence-electron chi connectivity index (χ2n) is 9.68. The van der Waals surface area contributed by atoms with Crippen LogP contribution in [0.25, 0.3) is 11.1 Å². The summed E-state index contributed by atoms with van der Waals surface area (Å²) in [5.41, 5.74) is 3.91. The Labute approximate surface area is 252 Å². The highest BCUT2D eigenvalue weighted by Gasteiger charge is 2.21. The Morgan fingerprint density at radius 3 is 2.44 bits per heavy atom. The zero-order chi connectivity index (χ0) is 29.5. The van der Waals surface area contributed by atoms with Crippen LogP contribution in [0.3, 0.4) is 0 Å². The van der Waals surface area contributed by atoms with Gasteiger partial charge in [0.25, 0.3) is 10.0 Å². The molecule has 1 aliphatic rings. The van der Waals surface area contributed by atoms with Gasteiger partial charge in [-0.15, -0.1) is 0 Å². The van der Waals surface area contributed by atoms with E-state index in [9.17, 15) is 18.3 Å². The van der Waals surface area contributed by atoms with E-state index < -0.39 is 16.1 Å². The fourth-order valence-electron chi connectivity index (χ4n) is 4.52. The zero-order valence-electron chi connectivity index (χ0n) is 23.1. The second kappa shape index (κ2) is 14.2. The summed E-state index contributed by atoms with van der Waals surface area (Å²) >= 11 is 0. The third kappa shape index (κ3) is 7.92. The number of carbonyl (C=O) groups excluding carboxylic acids is 1. The van der Waals surface area contributed by atoms with Crippen molar-refractivity contribution in [2.45, 2.75) is 32.0 Å². The summed E-state index contributed by atoms with van der Waals surface area (Å²) in [7, 11) is -3.84. The van der Waals surface area contributed by atoms with Crippen molar-refractivity contribution < 1.29 is 32.5 Å². The Balaban J connectivity index is 0.00000423. The van der Waals surface area contributed by atoms with Crippen LogP contribution < -0.4 is 19.5 Å². The second-order valence-corrected chi connectivity index (χ2v) is 11.4. The summed E-state index contributed by atoms with van der Waals surface area (Å²) in [5.74, 6) is 0.854. The SMILES string of the molecule is C.CCOC(=O)c1ccc(-c2ccc(OCCNCC(O)c3ccc4cc3NS(=O)(=O)c3cccc(c3)CO4)cc2)cc1. The standard InChI is InChI=1S/C32H32N2O7S.CH4/c1-2-39-32(36)25-8-6-23(7-9-25)24-10-12-26(13-11-24)40-17-16-33-20-31(35)29-15-14-27-19-30(29)34-42(37,38)28-5-3-4-22(18-28)21-41-27;/h3-15,18-19,31,33-35H,2,16-17,20-21H2,1H3;1H4. The number of ether oxygens (including phenoxy) is 3. The predicted molar refractivity (Wildman–Crippen MR) is 166 cm³/mol. The molecule has 4 aromatic carbocycles. The Hall–Kier alpha value is -4.38. The lowest BCUT2D eigenvalue weighted by Crippen LogP contribution is -2.27. The number of sulfonamides is 1. The molecule has 10 heteroatoms. The monoisotopic (exact) mass is 604 g/mol. The van der Waals surface area contributed by atoms with E-state index in [1.165, 1.54) is 6.07 Å². The number of aliphatic hydroxyl groups is 1. The highest BCUT2D eigenvalue weighted by atomic mass is 32.2. The van der Waals surface area contributed by atoms with Crippen molar-refractivity contribution in [1.29, 1.82) is 0 Å². The molecule has 3 N–H and O–H groups in total. The number of hydrogen-bond donors (Lipinski definition) is 3. The van der Waals surface area contributed by atoms with Crippen LogP contribution in [-0.2, 0) is 21.4 Å². The molecule has 9 nitrogen and oxygen atoms in total. The van der Waals surface area contributed by atoms with Crippen LogP contribution in [0.15, 0.2) is 95.9 Å². The van der Waals surface area contributed by atoms with Gasteiger partial charge in [-0.3, -0.25) is 4.72 Å². The molecule has 226 valence electrons. The van der Waals surface area contributed by atoms with E-state index in [-0.39, 0.29) is 37.1 Å². The first kappa shape index (κ1) is 31.6. The van der Waals surface area contributed by atoms with E-state index in [1.807, 2.05) is 36.4 Å². The first-order chi connectivity index (χ1) is 20.3. The highest BCUT2D eigenvalue weighted by Crippen LogP contribution is 2.31. The molecule has 0 radical (unpaired) electrons. The fourth-order valence-corrected chi connectivity index (χ4v) is 5.67. The number of aliphatic hydroxyl groups excluding tert-OH is 1. The molecular formula is C33H36N2O7S. The van der Waals surface area contributed by atoms with E-state index in [0.29, 0.717) is 42.4 Å². The number of fused-ring (bicyclic) bond motifs is 4. The molecule has 0 spiro atoms. The quantitative estimate of drug-likeness (QED) is 0.159. The van der Waals surface area contributed by atoms with E-state index in [2.05, 4.69) is 10.0 Å². The van der Waals surface area contributed by atoms with Gasteiger partial charge in [-0.1, -0.05) is 49.9 Å². The molecule has 4 bridgehead atoms. The summed E-state index contributed by atoms with van der Waals surface area (Å²) in [5, 5.41) is 14.0. The van der Waals surface area contributed by atoms with Crippen LogP contribution in [0.2, 0.25) is 0 Å². The molecule has 0 amide bonds. The summed E-state index contributed by atoms with van der Waals surface area (Å²) in [6, 6.07) is 26.4. The van der Waals surface area contributed by atoms with Crippen LogP contribution in [-0.4, -0.2) is 45.8 Å². The molecular weight excluding hydrogens is 568 g/mol. The van der Waals surface area contributed by atoms with Gasteiger partial charge >= 0.3 is 5.97 Å². The topological polar surface area (TPSA) is 123 Å². The lowest BCUT2D eigenvalue weighted by Gasteiger charge is -2.20. The smallest absolute Gasteiger partial charge is 0.338 e. The van der Waals surface area contributed by atoms with Crippen LogP contribution in [0.1, 0.15) is 41.9 Å². The lowest BCUT2D eigenvalue weighted by atomic mass is 10.0. The molecule has 0 aromatic heterocycles. The maximum atomic E-state index is 13.0. The van der Waals surface area contributed by atoms with Crippen LogP contribution in [0, 0.1) is 0 Å². The molecule has 4 aromatic rings. The van der Waals surface area contributed by atoms with Crippen molar-refractivity contribution in [3.05, 3.63) is 108 Å². The number of benzene rings is 4. The van der Waals surface area contributed by atoms with Crippen molar-refractivity contribution >= 4 is 21.7 Å². The Morgan fingerprint density at radius 1 is 1.00 bits per heavy atom. The molecule has 0 fully saturated rings. The normalized spacial score (nSPS) is 13.8. The van der Waals surface area contributed by atoms with Gasteiger partial charge in [0.05, 0.1) is 28.9 Å². The van der Waals surface area contributed by atoms with E-state index in [0.717, 1.165) is 16.7 Å². The molecule has 1 heterocycles. The van der Waals surface area contributed by atoms with Crippen LogP contribution in [0.5, 0.6) is 11.5 Å². The number of hydrogen-bond acceptors (Lipinski definition) is 8. The summed E-state index contributed by atoms with van der Waals surface area (Å²) < 4.78 is 45.2. The zero-order valence-corrected chi connectivity index (χ0v) is 23.9. The number of nitrogens with one attached hydrogen (secondary N) is 2. The van der Waals surface area contributed by atoms with Gasteiger partial charge in [0.2, 0.25) is 0 Å². The van der Waals surface area contributed by atoms with Gasteiger partial charge in [-0.25, -0.2) is 13.2 Å². The van der Waals surface area contributed by atoms with Crippen LogP contribution >= 0.6 is 0 Å². The Bertz CT molecular complexity index is 1640. The molecule has 1 aliphatic heterocycles. The molecule has 5 rings (SSSR count). The van der Waals surface area contributed by atoms with Gasteiger partial charge in [-0.05, 0) is 66.1 Å². The van der Waals surface area contributed by atoms with E-state index in [1.54, 1.807) is 55.5 Å². The molecule has 43 heavy (non-hydrogen) atoms. The fraction of sp³-hybridized carbons (Fsp3) is 0.242. The number of carbonyl (C=O) groups is 1. The van der Waals surface area contributed by atoms with Gasteiger partial charge < -0.3 is 24.6 Å². The van der Waals surface area contributed by atoms with Crippen molar-refractivity contribution in [3.8, 4) is 22.6 Å². The Kier molecular flexibility index (Phi) is 10.4. The minimum Gasteiger partial charge on any atom is -0.492 e. The highest BCUT2D eigenvalue weighted by molar-refractivity contribution is 7.92. The van der Waals surface area contributed by atoms with Crippen molar-refractivity contribution in [1.82, 2.24) is 5.32 Å². The molecule has 1 unspecified atom stereocenters. The summed E-state index contributed by atoms with van der Waals surface area (Å²) in [4.78, 5) is 12.0. The average molecular weight is 605 g/mol. The maximum Gasteiger partial charge on any atom is 0.338 e. The maximum absolute atomic E-state index is 13.0. The van der Waals surface area contributed by atoms with Gasteiger partial charge in [0.15, 0.2) is 0 Å². The molecule has 0 saturated heterocycles. The summed E-state index contributed by atoms with van der Waals surface area (Å²) in [6.07, 6.45) is -0.972. The lowest BCUT2D eigenvalue weighted by molar-refractivity contribution is 0.0526. The number of rotatable bonds is 10. The largest absolute Gasteiger partial charge is 0.492 e.